The zero-order valence-corrected chi connectivity index (χ0v) is 32.9. The van der Waals surface area contributed by atoms with Gasteiger partial charge in [-0.15, -0.1) is 0 Å². The Balaban J connectivity index is 1.10. The van der Waals surface area contributed by atoms with Gasteiger partial charge in [0.1, 0.15) is 39.8 Å². The number of pyridine rings is 1. The highest BCUT2D eigenvalue weighted by Crippen LogP contribution is 2.36. The highest BCUT2D eigenvalue weighted by molar-refractivity contribution is 5.93. The summed E-state index contributed by atoms with van der Waals surface area (Å²) in [6, 6.07) is 34.1. The van der Waals surface area contributed by atoms with E-state index >= 15 is 0 Å². The van der Waals surface area contributed by atoms with E-state index in [1.54, 1.807) is 25.3 Å². The predicted molar refractivity (Wildman–Crippen MR) is 221 cm³/mol. The molecule has 0 unspecified atom stereocenters. The van der Waals surface area contributed by atoms with E-state index in [-0.39, 0.29) is 12.1 Å². The number of amides is 1. The average molecular weight is 766 g/mol. The molecule has 12 nitrogen and oxygen atoms in total. The fourth-order valence-electron chi connectivity index (χ4n) is 7.22. The van der Waals surface area contributed by atoms with Gasteiger partial charge in [-0.25, -0.2) is 19.4 Å². The van der Waals surface area contributed by atoms with E-state index in [9.17, 15) is 4.79 Å². The number of ether oxygens (including phenoxy) is 4. The van der Waals surface area contributed by atoms with Crippen molar-refractivity contribution in [3.63, 3.8) is 0 Å². The molecule has 0 radical (unpaired) electrons. The minimum absolute atomic E-state index is 0.0525. The lowest BCUT2D eigenvalue weighted by Crippen LogP contribution is -2.47. The fraction of sp³-hybridized carbons (Fsp3) is 0.289. The van der Waals surface area contributed by atoms with E-state index in [2.05, 4.69) is 28.1 Å². The van der Waals surface area contributed by atoms with Crippen LogP contribution in [0, 0.1) is 0 Å². The highest BCUT2D eigenvalue weighted by atomic mass is 16.6. The second-order valence-electron chi connectivity index (χ2n) is 15.3. The Morgan fingerprint density at radius 1 is 0.825 bits per heavy atom. The Morgan fingerprint density at radius 3 is 2.18 bits per heavy atom. The number of carbonyl (C=O) groups excluding carboxylic acids is 1. The summed E-state index contributed by atoms with van der Waals surface area (Å²) in [7, 11) is 3.33. The largest absolute Gasteiger partial charge is 0.497 e. The monoisotopic (exact) mass is 765 g/mol. The Morgan fingerprint density at radius 2 is 1.49 bits per heavy atom. The van der Waals surface area contributed by atoms with Gasteiger partial charge < -0.3 is 33.7 Å². The molecule has 0 spiro atoms. The van der Waals surface area contributed by atoms with Crippen LogP contribution in [0.3, 0.4) is 0 Å². The summed E-state index contributed by atoms with van der Waals surface area (Å²) < 4.78 is 27.2. The number of aromatic nitrogens is 5. The van der Waals surface area contributed by atoms with Crippen molar-refractivity contribution in [3.8, 4) is 34.4 Å². The molecule has 0 bridgehead atoms. The number of benzene rings is 4. The van der Waals surface area contributed by atoms with Crippen molar-refractivity contribution < 1.29 is 23.7 Å². The maximum atomic E-state index is 13.0. The summed E-state index contributed by atoms with van der Waals surface area (Å²) in [6.07, 6.45) is 3.14. The van der Waals surface area contributed by atoms with Crippen LogP contribution in [0.1, 0.15) is 44.7 Å². The van der Waals surface area contributed by atoms with Crippen molar-refractivity contribution in [2.75, 3.05) is 32.6 Å². The molecule has 1 aliphatic rings. The van der Waals surface area contributed by atoms with Crippen LogP contribution in [-0.4, -0.2) is 74.3 Å². The summed E-state index contributed by atoms with van der Waals surface area (Å²) in [5.41, 5.74) is 5.24. The van der Waals surface area contributed by atoms with Gasteiger partial charge in [0, 0.05) is 43.5 Å². The number of para-hydroxylation sites is 2. The van der Waals surface area contributed by atoms with E-state index in [0.717, 1.165) is 63.3 Å². The van der Waals surface area contributed by atoms with E-state index in [1.165, 1.54) is 0 Å². The van der Waals surface area contributed by atoms with Crippen molar-refractivity contribution in [2.24, 2.45) is 0 Å². The zero-order valence-electron chi connectivity index (χ0n) is 32.9. The number of rotatable bonds is 11. The first-order chi connectivity index (χ1) is 27.6. The normalized spacial score (nSPS) is 14.5. The summed E-state index contributed by atoms with van der Waals surface area (Å²) in [6.45, 7) is 7.92. The van der Waals surface area contributed by atoms with Gasteiger partial charge in [0.25, 0.3) is 0 Å². The molecule has 0 saturated carbocycles. The van der Waals surface area contributed by atoms with Gasteiger partial charge in [0.15, 0.2) is 11.5 Å². The Kier molecular flexibility index (Phi) is 10.4. The SMILES string of the molecule is COc1ccc(Cn2nc(N[C@@H]3CCCN(C(=O)OC(C)(C)C)C3)c3c(Oc4ccc(-c5nc6ccccc6n5Cc5ccc(OC)cc5)cc4)ccnc32)cc1. The van der Waals surface area contributed by atoms with Crippen molar-refractivity contribution in [1.82, 2.24) is 29.2 Å². The Hall–Kier alpha value is -6.56. The quantitative estimate of drug-likeness (QED) is 0.138. The number of nitrogens with zero attached hydrogens (tertiary/aromatic N) is 6. The topological polar surface area (TPSA) is 118 Å². The number of hydrogen-bond donors (Lipinski definition) is 1. The summed E-state index contributed by atoms with van der Waals surface area (Å²) >= 11 is 0. The molecule has 1 fully saturated rings. The number of hydrogen-bond acceptors (Lipinski definition) is 9. The molecular weight excluding hydrogens is 719 g/mol. The van der Waals surface area contributed by atoms with Crippen molar-refractivity contribution >= 4 is 34.0 Å². The molecule has 7 aromatic rings. The van der Waals surface area contributed by atoms with Gasteiger partial charge in [-0.05, 0) is 105 Å². The van der Waals surface area contributed by atoms with Crippen LogP contribution < -0.4 is 19.5 Å². The molecule has 1 N–H and O–H groups in total. The molecule has 0 aliphatic carbocycles. The number of fused-ring (bicyclic) bond motifs is 2. The average Bonchev–Trinajstić information content (AvgIpc) is 3.76. The predicted octanol–water partition coefficient (Wildman–Crippen LogP) is 9.17. The Labute approximate surface area is 332 Å². The van der Waals surface area contributed by atoms with Crippen molar-refractivity contribution in [2.45, 2.75) is 58.3 Å². The van der Waals surface area contributed by atoms with Crippen LogP contribution in [0.4, 0.5) is 10.6 Å². The molecule has 8 rings (SSSR count). The third-order valence-corrected chi connectivity index (χ3v) is 9.99. The molecule has 4 aromatic carbocycles. The van der Waals surface area contributed by atoms with Crippen LogP contribution in [0.15, 0.2) is 109 Å². The van der Waals surface area contributed by atoms with Crippen LogP contribution in [-0.2, 0) is 17.8 Å². The smallest absolute Gasteiger partial charge is 0.410 e. The molecule has 12 heteroatoms. The molecule has 1 aliphatic heterocycles. The molecule has 1 amide bonds. The number of imidazole rings is 1. The maximum absolute atomic E-state index is 13.0. The lowest BCUT2D eigenvalue weighted by atomic mass is 10.1. The molecule has 57 heavy (non-hydrogen) atoms. The van der Waals surface area contributed by atoms with E-state index in [1.807, 2.05) is 110 Å². The standard InChI is InChI=1S/C45H47N7O5/c1-45(2,3)57-44(53)50-26-8-9-33(29-50)47-41-40-39(24-25-46-43(40)52(49-41)28-31-14-20-35(55-5)21-15-31)56-36-22-16-32(17-23-36)42-48-37-10-6-7-11-38(37)51(42)27-30-12-18-34(54-4)19-13-30/h6-7,10-25,33H,8-9,26-29H2,1-5H3,(H,47,49)/t33-/m1/s1. The zero-order chi connectivity index (χ0) is 39.5. The van der Waals surface area contributed by atoms with Gasteiger partial charge in [0.2, 0.25) is 0 Å². The lowest BCUT2D eigenvalue weighted by molar-refractivity contribution is 0.0206. The van der Waals surface area contributed by atoms with E-state index in [4.69, 9.17) is 34.0 Å². The first-order valence-electron chi connectivity index (χ1n) is 19.2. The summed E-state index contributed by atoms with van der Waals surface area (Å²) in [5, 5.41) is 9.47. The first-order valence-corrected chi connectivity index (χ1v) is 19.2. The van der Waals surface area contributed by atoms with Crippen LogP contribution in [0.25, 0.3) is 33.5 Å². The van der Waals surface area contributed by atoms with Gasteiger partial charge in [-0.1, -0.05) is 36.4 Å². The fourth-order valence-corrected chi connectivity index (χ4v) is 7.22. The lowest BCUT2D eigenvalue weighted by Gasteiger charge is -2.34. The van der Waals surface area contributed by atoms with Gasteiger partial charge in [-0.3, -0.25) is 0 Å². The molecule has 4 heterocycles. The molecule has 1 saturated heterocycles. The highest BCUT2D eigenvalue weighted by Gasteiger charge is 2.29. The van der Waals surface area contributed by atoms with Crippen LogP contribution in [0.5, 0.6) is 23.0 Å². The molecule has 1 atom stereocenters. The first kappa shape index (κ1) is 37.4. The number of piperidine rings is 1. The van der Waals surface area contributed by atoms with Gasteiger partial charge >= 0.3 is 6.09 Å². The van der Waals surface area contributed by atoms with Gasteiger partial charge in [-0.2, -0.15) is 5.10 Å². The number of methoxy groups -OCH3 is 2. The molecule has 3 aromatic heterocycles. The number of likely N-dealkylation sites (tertiary alicyclic amines) is 1. The van der Waals surface area contributed by atoms with Gasteiger partial charge in [0.05, 0.1) is 31.8 Å². The van der Waals surface area contributed by atoms with Crippen LogP contribution in [0.2, 0.25) is 0 Å². The minimum Gasteiger partial charge on any atom is -0.497 e. The molecule has 292 valence electrons. The summed E-state index contributed by atoms with van der Waals surface area (Å²) in [4.78, 5) is 24.6. The van der Waals surface area contributed by atoms with E-state index in [0.29, 0.717) is 49.1 Å². The van der Waals surface area contributed by atoms with Crippen LogP contribution >= 0.6 is 0 Å². The minimum atomic E-state index is -0.573. The number of carbonyl (C=O) groups is 1. The number of nitrogens with one attached hydrogen (secondary N) is 1. The second-order valence-corrected chi connectivity index (χ2v) is 15.3. The molecular formula is C45H47N7O5. The number of anilines is 1. The Bertz CT molecular complexity index is 2490. The third kappa shape index (κ3) is 8.35. The van der Waals surface area contributed by atoms with Crippen molar-refractivity contribution in [3.05, 3.63) is 120 Å². The third-order valence-electron chi connectivity index (χ3n) is 9.99. The maximum Gasteiger partial charge on any atom is 0.410 e. The van der Waals surface area contributed by atoms with E-state index < -0.39 is 5.60 Å². The second kappa shape index (κ2) is 15.9. The van der Waals surface area contributed by atoms with Crippen molar-refractivity contribution in [1.29, 1.82) is 0 Å². The summed E-state index contributed by atoms with van der Waals surface area (Å²) in [5.74, 6) is 4.38.